The van der Waals surface area contributed by atoms with Crippen LogP contribution in [0.4, 0.5) is 74.2 Å². The van der Waals surface area contributed by atoms with Gasteiger partial charge in [0.2, 0.25) is 11.8 Å². The molecule has 5 aromatic heterocycles. The molecule has 6 aromatic rings. The van der Waals surface area contributed by atoms with E-state index in [0.29, 0.717) is 110 Å². The Balaban J connectivity index is 0.670. The lowest BCUT2D eigenvalue weighted by Crippen LogP contribution is -2.56. The zero-order valence-electron chi connectivity index (χ0n) is 69.5. The summed E-state index contributed by atoms with van der Waals surface area (Å²) >= 11 is 0. The highest BCUT2D eigenvalue weighted by Crippen LogP contribution is 2.46. The molecule has 6 fully saturated rings. The van der Waals surface area contributed by atoms with E-state index in [0.717, 1.165) is 42.3 Å². The number of nitrogens with zero attached hydrogens (tertiary/aromatic N) is 23. The van der Waals surface area contributed by atoms with E-state index in [2.05, 4.69) is 57.7 Å². The van der Waals surface area contributed by atoms with Gasteiger partial charge in [0.25, 0.3) is 0 Å². The number of nitriles is 3. The summed E-state index contributed by atoms with van der Waals surface area (Å²) < 4.78 is 155. The Labute approximate surface area is 713 Å². The first-order chi connectivity index (χ1) is 59.5. The number of halogens is 9. The molecule has 0 radical (unpaired) electrons. The van der Waals surface area contributed by atoms with Crippen molar-refractivity contribution in [3.05, 3.63) is 148 Å². The molecule has 2 amide bonds. The minimum Gasteiger partial charge on any atom is -0.462 e. The highest BCUT2D eigenvalue weighted by molar-refractivity contribution is 5.88. The Bertz CT molecular complexity index is 5100. The van der Waals surface area contributed by atoms with Crippen molar-refractivity contribution < 1.29 is 68.4 Å². The van der Waals surface area contributed by atoms with Gasteiger partial charge in [-0.25, -0.2) is 4.98 Å². The first-order valence-electron chi connectivity index (χ1n) is 42.0. The number of alkyl halides is 9. The third kappa shape index (κ3) is 19.0. The summed E-state index contributed by atoms with van der Waals surface area (Å²) in [6.45, 7) is 16.2. The number of rotatable bonds is 25. The lowest BCUT2D eigenvalue weighted by Gasteiger charge is -2.43. The number of aliphatic hydroxyl groups excluding tert-OH is 1. The largest absolute Gasteiger partial charge is 0.462 e. The number of pyridine rings is 2. The summed E-state index contributed by atoms with van der Waals surface area (Å²) in [6, 6.07) is 12.1. The molecule has 0 spiro atoms. The molecular weight excluding hydrogens is 1620 g/mol. The number of fused-ring (bicyclic) bond motifs is 3. The number of anilines is 6. The molecule has 124 heavy (non-hydrogen) atoms. The van der Waals surface area contributed by atoms with Crippen LogP contribution < -0.4 is 43.6 Å². The van der Waals surface area contributed by atoms with Crippen molar-refractivity contribution >= 4 is 46.5 Å². The lowest BCUT2D eigenvalue weighted by molar-refractivity contribution is -0.138. The van der Waals surface area contributed by atoms with E-state index >= 15 is 13.2 Å². The maximum Gasteiger partial charge on any atom is 0.419 e. The highest BCUT2D eigenvalue weighted by Gasteiger charge is 2.45. The van der Waals surface area contributed by atoms with Gasteiger partial charge in [0.1, 0.15) is 49.3 Å². The van der Waals surface area contributed by atoms with Gasteiger partial charge in [-0.1, -0.05) is 31.9 Å². The van der Waals surface area contributed by atoms with Crippen molar-refractivity contribution in [2.75, 3.05) is 169 Å². The summed E-state index contributed by atoms with van der Waals surface area (Å²) in [7, 11) is 5.78. The summed E-state index contributed by atoms with van der Waals surface area (Å²) in [5.74, 6) is -0.0492. The van der Waals surface area contributed by atoms with E-state index in [1.54, 1.807) is 30.6 Å². The van der Waals surface area contributed by atoms with Crippen LogP contribution in [-0.4, -0.2) is 274 Å². The second-order valence-corrected chi connectivity index (χ2v) is 33.5. The van der Waals surface area contributed by atoms with Crippen molar-refractivity contribution in [1.29, 1.82) is 15.8 Å². The van der Waals surface area contributed by atoms with E-state index in [4.69, 9.17) is 44.1 Å². The summed E-state index contributed by atoms with van der Waals surface area (Å²) in [5.41, 5.74) is 3.13. The van der Waals surface area contributed by atoms with Crippen LogP contribution in [0.5, 0.6) is 18.0 Å². The summed E-state index contributed by atoms with van der Waals surface area (Å²) in [4.78, 5) is 86.2. The molecule has 14 heterocycles. The smallest absolute Gasteiger partial charge is 0.419 e. The summed E-state index contributed by atoms with van der Waals surface area (Å²) in [5, 5.41) is 40.8. The minimum absolute atomic E-state index is 0.0116. The molecule has 29 nitrogen and oxygen atoms in total. The molecule has 658 valence electrons. The average Bonchev–Trinajstić information content (AvgIpc) is 0.899. The molecule has 0 bridgehead atoms. The molecule has 9 atom stereocenters. The number of carbonyl (C=O) groups excluding carboxylic acids is 2. The van der Waals surface area contributed by atoms with Gasteiger partial charge < -0.3 is 63.4 Å². The quantitative estimate of drug-likeness (QED) is 0.0317. The number of carbonyl (C=O) groups is 2. The molecule has 38 heteroatoms. The number of likely N-dealkylation sites (N-methyl/N-ethyl adjacent to an activating group) is 3. The maximum atomic E-state index is 15.7. The van der Waals surface area contributed by atoms with Gasteiger partial charge in [0.15, 0.2) is 0 Å². The number of aliphatic hydroxyl groups is 1. The zero-order chi connectivity index (χ0) is 87.6. The number of likely N-dealkylation sites (tertiary alicyclic amines) is 3. The van der Waals surface area contributed by atoms with Gasteiger partial charge in [-0.15, -0.1) is 0 Å². The fraction of sp³-hybridized carbons (Fsp3) is 0.547. The number of benzene rings is 1. The maximum absolute atomic E-state index is 15.7. The van der Waals surface area contributed by atoms with Crippen molar-refractivity contribution in [1.82, 2.24) is 69.3 Å². The van der Waals surface area contributed by atoms with Crippen LogP contribution in [0.25, 0.3) is 0 Å². The van der Waals surface area contributed by atoms with Crippen molar-refractivity contribution in [2.45, 2.75) is 163 Å². The first-order valence-corrected chi connectivity index (χ1v) is 42.0. The van der Waals surface area contributed by atoms with Crippen LogP contribution in [0.2, 0.25) is 0 Å². The Morgan fingerprint density at radius 2 is 0.992 bits per heavy atom. The number of amides is 2. The van der Waals surface area contributed by atoms with Gasteiger partial charge in [-0.2, -0.15) is 85.2 Å². The molecule has 9 aliphatic heterocycles. The highest BCUT2D eigenvalue weighted by atomic mass is 19.4. The minimum atomic E-state index is -4.84. The van der Waals surface area contributed by atoms with Crippen LogP contribution in [-0.2, 0) is 67.3 Å². The van der Waals surface area contributed by atoms with Crippen molar-refractivity contribution in [3.63, 3.8) is 0 Å². The van der Waals surface area contributed by atoms with E-state index < -0.39 is 66.3 Å². The zero-order valence-corrected chi connectivity index (χ0v) is 69.5. The fourth-order valence-electron chi connectivity index (χ4n) is 19.3. The molecule has 1 aromatic carbocycles. The Morgan fingerprint density at radius 1 is 0.516 bits per heavy atom. The second-order valence-electron chi connectivity index (χ2n) is 33.5. The van der Waals surface area contributed by atoms with Gasteiger partial charge >= 0.3 is 36.6 Å². The third-order valence-corrected chi connectivity index (χ3v) is 25.9. The molecule has 15 rings (SSSR count). The molecular formula is C86H100F9N23O6. The second kappa shape index (κ2) is 36.9. The van der Waals surface area contributed by atoms with E-state index in [1.165, 1.54) is 48.8 Å². The lowest BCUT2D eigenvalue weighted by atomic mass is 9.93. The first kappa shape index (κ1) is 87.7. The number of hydrogen-bond acceptors (Lipinski definition) is 27. The van der Waals surface area contributed by atoms with Gasteiger partial charge in [-0.05, 0) is 138 Å². The number of aromatic nitrogens is 8. The number of hydrogen-bond donors (Lipinski definition) is 1. The van der Waals surface area contributed by atoms with Crippen LogP contribution in [0.15, 0.2) is 86.9 Å². The number of ether oxygens (including phenoxy) is 3. The SMILES string of the molecule is C=CC(=O)N1CCN(c2nc(OC[C@@H]3CC(c4ccc(CC(F)(F)F)c(N5CCc6c(nc(OC[C@@H]7CC(c8cnc(N9CCc%10c(nc(OC[C@@H]%11CCCN%11C)nc%10N%10CCN(C(=O)C=C)C(CC#N)C%10)C9)c(C(F)(F)F)c8)CN7C)nc6N6CCN(C(O)C=C)C(CC#N)C6)C5)c4)CN3C)nc3c2CCN(c2ccncc2C(F)(F)F)C3)CC1CC#N. The van der Waals surface area contributed by atoms with Crippen LogP contribution in [0, 0.1) is 34.0 Å². The summed E-state index contributed by atoms with van der Waals surface area (Å²) in [6.07, 6.45) is -5.42. The predicted octanol–water partition coefficient (Wildman–Crippen LogP) is 9.03. The molecule has 0 saturated carbocycles. The third-order valence-electron chi connectivity index (χ3n) is 25.9. The monoisotopic (exact) mass is 1720 g/mol. The van der Waals surface area contributed by atoms with E-state index in [9.17, 15) is 56.8 Å². The standard InChI is InChI=1S/C86H100F9N23O6/c1-7-74(119)116-32-29-113(44-58(116)14-21-96)77-64-18-26-110(72-17-24-99-41-68(72)86(93,94)95)47-69(64)101-82(105-77)123-51-62-35-56(42-108(62)5)53-12-13-54(39-84(87,88)89)73(38-53)111-27-19-65-70(48-111)102-83(106-78(65)114-30-33-117(75(120)8-2)59(45-114)15-22-97)124-52-63-36-57(43-109(63)6)55-37-67(85(90,91)92)80(100-40-55)112-28-20-66-71(49-112)103-81(122-50-61-11-10-25-107(61)4)104-79(66)115-31-34-118(76(121)9-3)60(46-115)16-23-98/h7-9,12-13,17,24,37-38,40-41,56-63,75,120H,1-3,10-11,14-16,18-20,25-36,39,42-52H2,4-6H3/t56?,57?,58?,59?,60?,61-,62-,63-,75?/m0/s1. The molecule has 6 saturated heterocycles. The Kier molecular flexibility index (Phi) is 26.1. The normalized spacial score (nSPS) is 23.3. The van der Waals surface area contributed by atoms with Gasteiger partial charge in [0.05, 0.1) is 110 Å². The van der Waals surface area contributed by atoms with E-state index in [-0.39, 0.29) is 195 Å². The molecule has 6 unspecified atom stereocenters. The molecule has 9 aliphatic rings. The average molecular weight is 1720 g/mol. The molecule has 0 aliphatic carbocycles. The Hall–Kier alpha value is -11.2. The van der Waals surface area contributed by atoms with E-state index in [1.807, 2.05) is 51.7 Å². The topological polar surface area (TPSA) is 295 Å². The predicted molar refractivity (Wildman–Crippen MR) is 440 cm³/mol. The number of piperazine rings is 3. The van der Waals surface area contributed by atoms with Crippen LogP contribution in [0.3, 0.4) is 0 Å². The van der Waals surface area contributed by atoms with Crippen LogP contribution >= 0.6 is 0 Å². The Morgan fingerprint density at radius 3 is 1.48 bits per heavy atom. The van der Waals surface area contributed by atoms with Crippen molar-refractivity contribution in [3.8, 4) is 36.2 Å². The van der Waals surface area contributed by atoms with Gasteiger partial charge in [0, 0.05) is 157 Å². The molecule has 1 N–H and O–H groups in total. The fourth-order valence-corrected chi connectivity index (χ4v) is 19.3. The van der Waals surface area contributed by atoms with Crippen LogP contribution in [0.1, 0.15) is 118 Å². The van der Waals surface area contributed by atoms with Crippen molar-refractivity contribution in [2.24, 2.45) is 0 Å². The van der Waals surface area contributed by atoms with Gasteiger partial charge in [-0.3, -0.25) is 29.3 Å².